The molecule has 3 rings (SSSR count). The van der Waals surface area contributed by atoms with Gasteiger partial charge in [-0.3, -0.25) is 14.5 Å². The fourth-order valence-corrected chi connectivity index (χ4v) is 3.42. The van der Waals surface area contributed by atoms with Crippen molar-refractivity contribution in [1.82, 2.24) is 20.4 Å². The van der Waals surface area contributed by atoms with E-state index in [-0.39, 0.29) is 5.91 Å². The summed E-state index contributed by atoms with van der Waals surface area (Å²) in [7, 11) is 0. The fourth-order valence-electron chi connectivity index (χ4n) is 3.42. The van der Waals surface area contributed by atoms with Crippen molar-refractivity contribution in [3.63, 3.8) is 0 Å². The van der Waals surface area contributed by atoms with Crippen LogP contribution in [0.15, 0.2) is 34.9 Å². The van der Waals surface area contributed by atoms with Gasteiger partial charge in [0, 0.05) is 26.9 Å². The van der Waals surface area contributed by atoms with Gasteiger partial charge >= 0.3 is 0 Å². The summed E-state index contributed by atoms with van der Waals surface area (Å²) in [6.45, 7) is 4.07. The number of amides is 2. The van der Waals surface area contributed by atoms with Crippen LogP contribution in [0.1, 0.15) is 36.7 Å². The third-order valence-electron chi connectivity index (χ3n) is 4.42. The molecule has 0 saturated carbocycles. The van der Waals surface area contributed by atoms with Crippen molar-refractivity contribution in [3.05, 3.63) is 47.6 Å². The summed E-state index contributed by atoms with van der Waals surface area (Å²) < 4.78 is 5.09. The first-order valence-corrected chi connectivity index (χ1v) is 8.09. The lowest BCUT2D eigenvalue weighted by Crippen LogP contribution is -2.49. The zero-order valence-electron chi connectivity index (χ0n) is 14.2. The Morgan fingerprint density at radius 3 is 2.64 bits per heavy atom. The lowest BCUT2D eigenvalue weighted by atomic mass is 9.97. The van der Waals surface area contributed by atoms with E-state index in [1.165, 1.54) is 6.92 Å². The molecule has 1 aliphatic rings. The first kappa shape index (κ1) is 17.1. The van der Waals surface area contributed by atoms with Crippen LogP contribution in [0.5, 0.6) is 0 Å². The molecule has 1 aromatic carbocycles. The Hall–Kier alpha value is -2.74. The first-order valence-electron chi connectivity index (χ1n) is 8.09. The van der Waals surface area contributed by atoms with Crippen LogP contribution in [0.3, 0.4) is 0 Å². The first-order chi connectivity index (χ1) is 11.9. The fraction of sp³-hybridized carbons (Fsp3) is 0.412. The van der Waals surface area contributed by atoms with E-state index in [1.54, 1.807) is 6.92 Å². The largest absolute Gasteiger partial charge is 0.368 e. The van der Waals surface area contributed by atoms with Gasteiger partial charge in [-0.15, -0.1) is 0 Å². The molecule has 2 amide bonds. The number of hydrogen-bond acceptors (Lipinski definition) is 6. The van der Waals surface area contributed by atoms with E-state index in [9.17, 15) is 9.59 Å². The molecule has 2 aromatic rings. The Morgan fingerprint density at radius 1 is 1.36 bits per heavy atom. The van der Waals surface area contributed by atoms with Gasteiger partial charge in [-0.05, 0) is 12.0 Å². The number of aryl methyl sites for hydroxylation is 1. The molecule has 2 heterocycles. The minimum atomic E-state index is -0.800. The van der Waals surface area contributed by atoms with Crippen LogP contribution in [0, 0.1) is 6.92 Å². The summed E-state index contributed by atoms with van der Waals surface area (Å²) in [5.41, 5.74) is 5.68. The maximum atomic E-state index is 12.1. The summed E-state index contributed by atoms with van der Waals surface area (Å²) >= 11 is 0. The van der Waals surface area contributed by atoms with Crippen molar-refractivity contribution < 1.29 is 14.1 Å². The molecule has 0 spiro atoms. The average molecular weight is 343 g/mol. The van der Waals surface area contributed by atoms with Crippen molar-refractivity contribution in [2.75, 3.05) is 13.1 Å². The molecule has 25 heavy (non-hydrogen) atoms. The number of benzene rings is 1. The number of aromatic nitrogens is 2. The molecule has 8 nitrogen and oxygen atoms in total. The number of hydrogen-bond donors (Lipinski definition) is 2. The van der Waals surface area contributed by atoms with Crippen LogP contribution in [0.2, 0.25) is 0 Å². The number of carbonyl (C=O) groups excluding carboxylic acids is 2. The molecule has 132 valence electrons. The monoisotopic (exact) mass is 343 g/mol. The molecule has 2 unspecified atom stereocenters. The number of likely N-dealkylation sites (tertiary alicyclic amines) is 1. The molecule has 2 atom stereocenters. The zero-order valence-corrected chi connectivity index (χ0v) is 14.2. The Bertz CT molecular complexity index is 776. The van der Waals surface area contributed by atoms with Crippen LogP contribution in [-0.4, -0.2) is 39.9 Å². The molecule has 1 saturated heterocycles. The molecule has 0 radical (unpaired) electrons. The smallest absolute Gasteiger partial charge is 0.239 e. The number of nitrogens with zero attached hydrogens (tertiary/aromatic N) is 3. The van der Waals surface area contributed by atoms with E-state index in [2.05, 4.69) is 15.5 Å². The van der Waals surface area contributed by atoms with Crippen molar-refractivity contribution in [3.8, 4) is 0 Å². The van der Waals surface area contributed by atoms with Crippen molar-refractivity contribution >= 4 is 11.8 Å². The van der Waals surface area contributed by atoms with Gasteiger partial charge in [0.2, 0.25) is 17.7 Å². The number of nitrogens with one attached hydrogen (secondary N) is 1. The van der Waals surface area contributed by atoms with Gasteiger partial charge in [-0.1, -0.05) is 35.5 Å². The highest BCUT2D eigenvalue weighted by Crippen LogP contribution is 2.35. The van der Waals surface area contributed by atoms with Gasteiger partial charge in [0.1, 0.15) is 11.6 Å². The SMILES string of the molecule is CC(=O)NC1(c2noc(C)n2)CCN(C(C(N)=O)c2ccccc2)C1. The van der Waals surface area contributed by atoms with Gasteiger partial charge in [0.15, 0.2) is 5.82 Å². The second-order valence-electron chi connectivity index (χ2n) is 6.34. The van der Waals surface area contributed by atoms with E-state index in [0.717, 1.165) is 5.56 Å². The maximum absolute atomic E-state index is 12.1. The van der Waals surface area contributed by atoms with Gasteiger partial charge in [0.25, 0.3) is 0 Å². The third kappa shape index (κ3) is 3.39. The van der Waals surface area contributed by atoms with E-state index in [1.807, 2.05) is 35.2 Å². The summed E-state index contributed by atoms with van der Waals surface area (Å²) in [5.74, 6) is 0.209. The highest BCUT2D eigenvalue weighted by molar-refractivity contribution is 5.81. The summed E-state index contributed by atoms with van der Waals surface area (Å²) in [4.78, 5) is 30.1. The number of rotatable bonds is 5. The van der Waals surface area contributed by atoms with Crippen LogP contribution < -0.4 is 11.1 Å². The van der Waals surface area contributed by atoms with Gasteiger partial charge in [-0.25, -0.2) is 0 Å². The lowest BCUT2D eigenvalue weighted by molar-refractivity contribution is -0.123. The second-order valence-corrected chi connectivity index (χ2v) is 6.34. The zero-order chi connectivity index (χ0) is 18.0. The van der Waals surface area contributed by atoms with Crippen molar-refractivity contribution in [2.45, 2.75) is 31.8 Å². The predicted molar refractivity (Wildman–Crippen MR) is 89.1 cm³/mol. The Balaban J connectivity index is 1.93. The molecule has 0 aliphatic carbocycles. The quantitative estimate of drug-likeness (QED) is 0.823. The normalized spacial score (nSPS) is 21.8. The molecule has 1 aliphatic heterocycles. The van der Waals surface area contributed by atoms with Crippen LogP contribution in [0.25, 0.3) is 0 Å². The van der Waals surface area contributed by atoms with Crippen LogP contribution in [0.4, 0.5) is 0 Å². The van der Waals surface area contributed by atoms with E-state index >= 15 is 0 Å². The Labute approximate surface area is 145 Å². The summed E-state index contributed by atoms with van der Waals surface area (Å²) in [5, 5.41) is 6.93. The molecule has 3 N–H and O–H groups in total. The topological polar surface area (TPSA) is 114 Å². The minimum absolute atomic E-state index is 0.195. The van der Waals surface area contributed by atoms with Crippen molar-refractivity contribution in [1.29, 1.82) is 0 Å². The van der Waals surface area contributed by atoms with Crippen molar-refractivity contribution in [2.24, 2.45) is 5.73 Å². The van der Waals surface area contributed by atoms with Crippen LogP contribution >= 0.6 is 0 Å². The van der Waals surface area contributed by atoms with Gasteiger partial charge in [-0.2, -0.15) is 4.98 Å². The van der Waals surface area contributed by atoms with E-state index < -0.39 is 17.5 Å². The van der Waals surface area contributed by atoms with E-state index in [0.29, 0.717) is 31.2 Å². The molecule has 1 aromatic heterocycles. The molecular formula is C17H21N5O3. The maximum Gasteiger partial charge on any atom is 0.239 e. The average Bonchev–Trinajstić information content (AvgIpc) is 3.16. The molecule has 1 fully saturated rings. The molecule has 8 heteroatoms. The van der Waals surface area contributed by atoms with Crippen LogP contribution in [-0.2, 0) is 15.1 Å². The number of nitrogens with two attached hydrogens (primary N) is 1. The molecular weight excluding hydrogens is 322 g/mol. The minimum Gasteiger partial charge on any atom is -0.368 e. The number of primary amides is 1. The standard InChI is InChI=1S/C17H21N5O3/c1-11(23)20-17(16-19-12(2)25-21-16)8-9-22(10-17)14(15(18)24)13-6-4-3-5-7-13/h3-7,14H,8-10H2,1-2H3,(H2,18,24)(H,20,23). The second kappa shape index (κ2) is 6.64. The Morgan fingerprint density at radius 2 is 2.08 bits per heavy atom. The lowest BCUT2D eigenvalue weighted by Gasteiger charge is -2.30. The third-order valence-corrected chi connectivity index (χ3v) is 4.42. The molecule has 0 bridgehead atoms. The Kier molecular flexibility index (Phi) is 4.54. The van der Waals surface area contributed by atoms with Gasteiger partial charge < -0.3 is 15.6 Å². The van der Waals surface area contributed by atoms with E-state index in [4.69, 9.17) is 10.3 Å². The number of carbonyl (C=O) groups is 2. The summed E-state index contributed by atoms with van der Waals surface area (Å²) in [6, 6.07) is 8.77. The highest BCUT2D eigenvalue weighted by Gasteiger charge is 2.47. The summed E-state index contributed by atoms with van der Waals surface area (Å²) in [6.07, 6.45) is 0.558. The van der Waals surface area contributed by atoms with Gasteiger partial charge in [0.05, 0.1) is 0 Å². The predicted octanol–water partition coefficient (Wildman–Crippen LogP) is 0.642. The highest BCUT2D eigenvalue weighted by atomic mass is 16.5.